The van der Waals surface area contributed by atoms with E-state index in [2.05, 4.69) is 11.4 Å². The summed E-state index contributed by atoms with van der Waals surface area (Å²) in [5.74, 6) is 0.657. The molecule has 1 fully saturated rings. The quantitative estimate of drug-likeness (QED) is 0.503. The van der Waals surface area contributed by atoms with Crippen LogP contribution in [0.15, 0.2) is 0 Å². The van der Waals surface area contributed by atoms with Crippen molar-refractivity contribution in [3.8, 4) is 6.07 Å². The Morgan fingerprint density at radius 2 is 2.43 bits per heavy atom. The number of nitrogens with zero attached hydrogens (tertiary/aromatic N) is 1. The Labute approximate surface area is 43.1 Å². The molecular weight excluding hydrogens is 88.1 g/mol. The Kier molecular flexibility index (Phi) is 1.28. The lowest BCUT2D eigenvalue weighted by molar-refractivity contribution is 0.355. The van der Waals surface area contributed by atoms with Crippen LogP contribution in [0.25, 0.3) is 0 Å². The Morgan fingerprint density at radius 3 is 2.57 bits per heavy atom. The van der Waals surface area contributed by atoms with Crippen molar-refractivity contribution in [1.29, 1.82) is 5.26 Å². The molecule has 2 heteroatoms. The van der Waals surface area contributed by atoms with Gasteiger partial charge in [0.25, 0.3) is 0 Å². The molecule has 1 aliphatic heterocycles. The lowest BCUT2D eigenvalue weighted by atomic mass is 10.0. The third-order valence-corrected chi connectivity index (χ3v) is 1.25. The highest BCUT2D eigenvalue weighted by Crippen LogP contribution is 2.05. The Hall–Kier alpha value is -0.550. The highest BCUT2D eigenvalue weighted by atomic mass is 14.9. The first-order valence-electron chi connectivity index (χ1n) is 2.51. The van der Waals surface area contributed by atoms with Crippen LogP contribution in [0.1, 0.15) is 6.42 Å². The molecule has 0 unspecified atom stereocenters. The molecule has 0 radical (unpaired) electrons. The van der Waals surface area contributed by atoms with Crippen LogP contribution >= 0.6 is 0 Å². The van der Waals surface area contributed by atoms with Gasteiger partial charge in [0.1, 0.15) is 0 Å². The molecule has 0 aromatic rings. The summed E-state index contributed by atoms with van der Waals surface area (Å²) in [6, 6.07) is 2.13. The van der Waals surface area contributed by atoms with Gasteiger partial charge in [-0.05, 0) is 5.92 Å². The Morgan fingerprint density at radius 1 is 1.71 bits per heavy atom. The van der Waals surface area contributed by atoms with Crippen molar-refractivity contribution in [2.45, 2.75) is 6.42 Å². The van der Waals surface area contributed by atoms with E-state index in [4.69, 9.17) is 5.26 Å². The lowest BCUT2D eigenvalue weighted by Crippen LogP contribution is -2.41. The van der Waals surface area contributed by atoms with Crippen molar-refractivity contribution in [3.05, 3.63) is 0 Å². The summed E-state index contributed by atoms with van der Waals surface area (Å²) in [4.78, 5) is 0. The number of nitrogens with one attached hydrogen (secondary N) is 1. The molecule has 1 saturated heterocycles. The molecule has 1 rings (SSSR count). The van der Waals surface area contributed by atoms with Gasteiger partial charge < -0.3 is 5.32 Å². The maximum absolute atomic E-state index is 8.12. The largest absolute Gasteiger partial charge is 0.316 e. The standard InChI is InChI=1S/C5H8N2/c6-2-1-5-3-7-4-5/h5,7H,1,3-4H2. The monoisotopic (exact) mass is 96.1 g/mol. The fourth-order valence-electron chi connectivity index (χ4n) is 0.622. The van der Waals surface area contributed by atoms with Gasteiger partial charge in [0.15, 0.2) is 0 Å². The van der Waals surface area contributed by atoms with E-state index in [0.717, 1.165) is 19.5 Å². The predicted molar refractivity (Wildman–Crippen MR) is 26.6 cm³/mol. The van der Waals surface area contributed by atoms with E-state index >= 15 is 0 Å². The first-order chi connectivity index (χ1) is 3.43. The van der Waals surface area contributed by atoms with Crippen molar-refractivity contribution in [2.24, 2.45) is 5.92 Å². The molecule has 0 atom stereocenters. The number of rotatable bonds is 1. The first kappa shape index (κ1) is 4.61. The molecule has 1 aliphatic rings. The van der Waals surface area contributed by atoms with Crippen molar-refractivity contribution in [1.82, 2.24) is 5.32 Å². The minimum Gasteiger partial charge on any atom is -0.316 e. The molecule has 38 valence electrons. The average Bonchev–Trinajstić information content (AvgIpc) is 1.55. The molecule has 0 spiro atoms. The molecule has 0 aromatic heterocycles. The van der Waals surface area contributed by atoms with Crippen molar-refractivity contribution >= 4 is 0 Å². The van der Waals surface area contributed by atoms with Crippen LogP contribution < -0.4 is 5.32 Å². The number of nitriles is 1. The van der Waals surface area contributed by atoms with E-state index in [1.165, 1.54) is 0 Å². The van der Waals surface area contributed by atoms with Crippen LogP contribution in [0.2, 0.25) is 0 Å². The zero-order chi connectivity index (χ0) is 5.11. The minimum absolute atomic E-state index is 0.657. The molecule has 0 aliphatic carbocycles. The summed E-state index contributed by atoms with van der Waals surface area (Å²) in [7, 11) is 0. The first-order valence-corrected chi connectivity index (χ1v) is 2.51. The fourth-order valence-corrected chi connectivity index (χ4v) is 0.622. The van der Waals surface area contributed by atoms with E-state index < -0.39 is 0 Å². The molecule has 1 N–H and O–H groups in total. The fraction of sp³-hybridized carbons (Fsp3) is 0.800. The summed E-state index contributed by atoms with van der Waals surface area (Å²) in [5, 5.41) is 11.2. The van der Waals surface area contributed by atoms with Gasteiger partial charge in [-0.3, -0.25) is 0 Å². The Bertz CT molecular complexity index is 88.7. The second-order valence-corrected chi connectivity index (χ2v) is 1.89. The normalized spacial score (nSPS) is 20.4. The summed E-state index contributed by atoms with van der Waals surface area (Å²) < 4.78 is 0. The predicted octanol–water partition coefficient (Wildman–Crippen LogP) is 0.119. The van der Waals surface area contributed by atoms with Crippen LogP contribution in [0.5, 0.6) is 0 Å². The lowest BCUT2D eigenvalue weighted by Gasteiger charge is -2.23. The second kappa shape index (κ2) is 1.94. The third-order valence-electron chi connectivity index (χ3n) is 1.25. The SMILES string of the molecule is N#CCC1CNC1. The van der Waals surface area contributed by atoms with Crippen molar-refractivity contribution in [3.63, 3.8) is 0 Å². The smallest absolute Gasteiger partial charge is 0.0625 e. The van der Waals surface area contributed by atoms with E-state index in [1.807, 2.05) is 0 Å². The number of hydrogen-bond acceptors (Lipinski definition) is 2. The molecule has 0 saturated carbocycles. The van der Waals surface area contributed by atoms with E-state index in [1.54, 1.807) is 0 Å². The van der Waals surface area contributed by atoms with Crippen LogP contribution in [0.3, 0.4) is 0 Å². The van der Waals surface area contributed by atoms with Gasteiger partial charge in [-0.15, -0.1) is 0 Å². The summed E-state index contributed by atoms with van der Waals surface area (Å²) >= 11 is 0. The molecule has 0 aromatic carbocycles. The van der Waals surface area contributed by atoms with Crippen LogP contribution in [-0.4, -0.2) is 13.1 Å². The Balaban J connectivity index is 2.06. The van der Waals surface area contributed by atoms with E-state index in [-0.39, 0.29) is 0 Å². The maximum atomic E-state index is 8.12. The summed E-state index contributed by atoms with van der Waals surface area (Å²) in [5.41, 5.74) is 0. The van der Waals surface area contributed by atoms with Gasteiger partial charge in [-0.2, -0.15) is 5.26 Å². The van der Waals surface area contributed by atoms with Gasteiger partial charge in [0.05, 0.1) is 6.07 Å². The van der Waals surface area contributed by atoms with Crippen molar-refractivity contribution < 1.29 is 0 Å². The third kappa shape index (κ3) is 0.908. The topological polar surface area (TPSA) is 35.8 Å². The van der Waals surface area contributed by atoms with E-state index in [9.17, 15) is 0 Å². The molecule has 2 nitrogen and oxygen atoms in total. The van der Waals surface area contributed by atoms with Gasteiger partial charge in [0, 0.05) is 19.5 Å². The summed E-state index contributed by atoms with van der Waals surface area (Å²) in [6.07, 6.45) is 0.729. The molecule has 0 bridgehead atoms. The molecule has 1 heterocycles. The summed E-state index contributed by atoms with van der Waals surface area (Å²) in [6.45, 7) is 2.10. The second-order valence-electron chi connectivity index (χ2n) is 1.89. The van der Waals surface area contributed by atoms with Gasteiger partial charge in [-0.1, -0.05) is 0 Å². The number of hydrogen-bond donors (Lipinski definition) is 1. The molecule has 7 heavy (non-hydrogen) atoms. The highest BCUT2D eigenvalue weighted by molar-refractivity contribution is 4.83. The van der Waals surface area contributed by atoms with Crippen LogP contribution in [-0.2, 0) is 0 Å². The highest BCUT2D eigenvalue weighted by Gasteiger charge is 2.14. The molecule has 0 amide bonds. The van der Waals surface area contributed by atoms with Crippen LogP contribution in [0, 0.1) is 17.2 Å². The van der Waals surface area contributed by atoms with Gasteiger partial charge in [-0.25, -0.2) is 0 Å². The maximum Gasteiger partial charge on any atom is 0.0625 e. The van der Waals surface area contributed by atoms with Gasteiger partial charge >= 0.3 is 0 Å². The zero-order valence-corrected chi connectivity index (χ0v) is 4.15. The van der Waals surface area contributed by atoms with Crippen molar-refractivity contribution in [2.75, 3.05) is 13.1 Å². The van der Waals surface area contributed by atoms with Gasteiger partial charge in [0.2, 0.25) is 0 Å². The van der Waals surface area contributed by atoms with E-state index in [0.29, 0.717) is 5.92 Å². The zero-order valence-electron chi connectivity index (χ0n) is 4.15. The molecular formula is C5H8N2. The average molecular weight is 96.1 g/mol. The van der Waals surface area contributed by atoms with Crippen LogP contribution in [0.4, 0.5) is 0 Å². The minimum atomic E-state index is 0.657.